The van der Waals surface area contributed by atoms with E-state index in [9.17, 15) is 27.9 Å². The van der Waals surface area contributed by atoms with Crippen LogP contribution in [-0.2, 0) is 19.1 Å². The van der Waals surface area contributed by atoms with E-state index in [2.05, 4.69) is 10.2 Å². The van der Waals surface area contributed by atoms with Crippen molar-refractivity contribution in [3.05, 3.63) is 76.0 Å². The second-order valence-corrected chi connectivity index (χ2v) is 7.56. The summed E-state index contributed by atoms with van der Waals surface area (Å²) in [5, 5.41) is 16.8. The number of nitrogens with zero attached hydrogens (tertiary/aromatic N) is 4. The molecule has 4 heterocycles. The van der Waals surface area contributed by atoms with Crippen LogP contribution in [0.2, 0.25) is 0 Å². The fraction of sp³-hybridized carbons (Fsp3) is 0.182. The van der Waals surface area contributed by atoms with E-state index in [1.807, 2.05) is 0 Å². The van der Waals surface area contributed by atoms with Crippen molar-refractivity contribution in [3.63, 3.8) is 0 Å². The first-order chi connectivity index (χ1) is 15.7. The summed E-state index contributed by atoms with van der Waals surface area (Å²) in [6.45, 7) is 0.586. The minimum absolute atomic E-state index is 0.143. The number of carboxylic acid groups (broad SMARTS) is 1. The second-order valence-electron chi connectivity index (χ2n) is 7.56. The summed E-state index contributed by atoms with van der Waals surface area (Å²) in [4.78, 5) is 25.3. The van der Waals surface area contributed by atoms with Crippen molar-refractivity contribution in [1.82, 2.24) is 19.7 Å². The number of carbonyl (C=O) groups is 1. The molecule has 0 aliphatic carbocycles. The Morgan fingerprint density at radius 1 is 1.09 bits per heavy atom. The predicted octanol–water partition coefficient (Wildman–Crippen LogP) is 4.10. The van der Waals surface area contributed by atoms with Crippen molar-refractivity contribution in [1.29, 1.82) is 0 Å². The quantitative estimate of drug-likeness (QED) is 0.488. The van der Waals surface area contributed by atoms with E-state index in [0.29, 0.717) is 29.8 Å². The third-order valence-corrected chi connectivity index (χ3v) is 5.54. The molecule has 0 saturated heterocycles. The molecule has 1 aliphatic heterocycles. The lowest BCUT2D eigenvalue weighted by Crippen LogP contribution is -2.34. The molecule has 8 nitrogen and oxygen atoms in total. The highest BCUT2D eigenvalue weighted by molar-refractivity contribution is 5.85. The summed E-state index contributed by atoms with van der Waals surface area (Å²) in [6.07, 6.45) is -3.62. The third-order valence-electron chi connectivity index (χ3n) is 5.54. The van der Waals surface area contributed by atoms with Gasteiger partial charge in [-0.15, -0.1) is 10.2 Å². The largest absolute Gasteiger partial charge is 0.465 e. The zero-order valence-corrected chi connectivity index (χ0v) is 16.8. The lowest BCUT2D eigenvalue weighted by atomic mass is 10.0. The van der Waals surface area contributed by atoms with E-state index >= 15 is 0 Å². The van der Waals surface area contributed by atoms with E-state index < -0.39 is 23.5 Å². The number of pyridine rings is 1. The summed E-state index contributed by atoms with van der Waals surface area (Å²) >= 11 is 0. The molecule has 5 rings (SSSR count). The minimum Gasteiger partial charge on any atom is -0.465 e. The minimum atomic E-state index is -4.59. The number of fused-ring (bicyclic) bond motifs is 3. The van der Waals surface area contributed by atoms with Gasteiger partial charge in [-0.05, 0) is 30.3 Å². The average molecular weight is 456 g/mol. The average Bonchev–Trinajstić information content (AvgIpc) is 3.15. The highest BCUT2D eigenvalue weighted by atomic mass is 19.4. The van der Waals surface area contributed by atoms with Crippen molar-refractivity contribution < 1.29 is 27.5 Å². The zero-order chi connectivity index (χ0) is 23.3. The Balaban J connectivity index is 1.47. The molecule has 33 heavy (non-hydrogen) atoms. The second kappa shape index (κ2) is 7.47. The maximum Gasteiger partial charge on any atom is 0.435 e. The zero-order valence-electron chi connectivity index (χ0n) is 16.8. The molecular weight excluding hydrogens is 441 g/mol. The van der Waals surface area contributed by atoms with Crippen LogP contribution in [0, 0.1) is 0 Å². The first kappa shape index (κ1) is 20.7. The fourth-order valence-electron chi connectivity index (χ4n) is 3.87. The van der Waals surface area contributed by atoms with Gasteiger partial charge in [-0.25, -0.2) is 4.79 Å². The molecule has 0 saturated carbocycles. The third kappa shape index (κ3) is 3.71. The van der Waals surface area contributed by atoms with Gasteiger partial charge in [-0.2, -0.15) is 13.2 Å². The van der Waals surface area contributed by atoms with Crippen LogP contribution in [0.4, 0.5) is 18.0 Å². The van der Waals surface area contributed by atoms with Crippen LogP contribution < -0.4 is 5.56 Å². The van der Waals surface area contributed by atoms with Gasteiger partial charge in [0.15, 0.2) is 5.69 Å². The number of furan rings is 1. The van der Waals surface area contributed by atoms with Crippen LogP contribution >= 0.6 is 0 Å². The predicted molar refractivity (Wildman–Crippen MR) is 110 cm³/mol. The lowest BCUT2D eigenvalue weighted by Gasteiger charge is -2.23. The van der Waals surface area contributed by atoms with Gasteiger partial charge in [0.25, 0.3) is 5.56 Å². The number of rotatable bonds is 2. The summed E-state index contributed by atoms with van der Waals surface area (Å²) in [5.74, 6) is 0.725. The molecule has 1 N–H and O–H groups in total. The summed E-state index contributed by atoms with van der Waals surface area (Å²) in [5.41, 5.74) is 0.828. The van der Waals surface area contributed by atoms with Gasteiger partial charge in [0.2, 0.25) is 0 Å². The van der Waals surface area contributed by atoms with Gasteiger partial charge >= 0.3 is 12.3 Å². The Morgan fingerprint density at radius 3 is 2.58 bits per heavy atom. The molecule has 0 atom stereocenters. The van der Waals surface area contributed by atoms with Crippen LogP contribution in [0.15, 0.2) is 57.9 Å². The van der Waals surface area contributed by atoms with E-state index in [-0.39, 0.29) is 12.2 Å². The van der Waals surface area contributed by atoms with E-state index in [0.717, 1.165) is 28.8 Å². The van der Waals surface area contributed by atoms with Gasteiger partial charge in [-0.3, -0.25) is 9.36 Å². The molecule has 0 fully saturated rings. The van der Waals surface area contributed by atoms with Gasteiger partial charge < -0.3 is 14.4 Å². The Bertz CT molecular complexity index is 1440. The Labute approximate surface area is 183 Å². The fourth-order valence-corrected chi connectivity index (χ4v) is 3.87. The maximum atomic E-state index is 12.7. The SMILES string of the molecule is O=C(O)N1CCc2oc3cc(-n4ccc(-c5ccc(C(F)(F)F)nn5)cc4=O)ccc3c2C1. The van der Waals surface area contributed by atoms with Crippen LogP contribution in [0.1, 0.15) is 17.0 Å². The van der Waals surface area contributed by atoms with Crippen LogP contribution in [0.25, 0.3) is 27.9 Å². The molecule has 168 valence electrons. The highest BCUT2D eigenvalue weighted by Crippen LogP contribution is 2.32. The molecule has 1 amide bonds. The van der Waals surface area contributed by atoms with Crippen LogP contribution in [0.3, 0.4) is 0 Å². The van der Waals surface area contributed by atoms with Crippen molar-refractivity contribution in [2.24, 2.45) is 0 Å². The van der Waals surface area contributed by atoms with Crippen molar-refractivity contribution in [2.45, 2.75) is 19.1 Å². The smallest absolute Gasteiger partial charge is 0.435 e. The molecule has 0 radical (unpaired) electrons. The molecule has 0 spiro atoms. The molecule has 4 aromatic rings. The first-order valence-electron chi connectivity index (χ1n) is 9.87. The van der Waals surface area contributed by atoms with Crippen molar-refractivity contribution >= 4 is 17.1 Å². The highest BCUT2D eigenvalue weighted by Gasteiger charge is 2.33. The van der Waals surface area contributed by atoms with E-state index in [1.54, 1.807) is 24.3 Å². The Hall–Kier alpha value is -4.15. The topological polar surface area (TPSA) is 101 Å². The number of alkyl halides is 3. The molecule has 11 heteroatoms. The lowest BCUT2D eigenvalue weighted by molar-refractivity contribution is -0.141. The van der Waals surface area contributed by atoms with Gasteiger partial charge in [0.05, 0.1) is 17.9 Å². The molecular formula is C22H15F3N4O4. The summed E-state index contributed by atoms with van der Waals surface area (Å²) < 4.78 is 45.3. The van der Waals surface area contributed by atoms with Gasteiger partial charge in [0.1, 0.15) is 11.3 Å². The molecule has 0 unspecified atom stereocenters. The van der Waals surface area contributed by atoms with Crippen molar-refractivity contribution in [3.8, 4) is 16.9 Å². The Morgan fingerprint density at radius 2 is 1.91 bits per heavy atom. The number of hydrogen-bond donors (Lipinski definition) is 1. The van der Waals surface area contributed by atoms with Crippen molar-refractivity contribution in [2.75, 3.05) is 6.54 Å². The van der Waals surface area contributed by atoms with Gasteiger partial charge in [-0.1, -0.05) is 0 Å². The molecule has 1 aliphatic rings. The van der Waals surface area contributed by atoms with E-state index in [1.165, 1.54) is 21.7 Å². The monoisotopic (exact) mass is 456 g/mol. The summed E-state index contributed by atoms with van der Waals surface area (Å²) in [6, 6.07) is 9.98. The molecule has 0 bridgehead atoms. The molecule has 3 aromatic heterocycles. The number of halogens is 3. The van der Waals surface area contributed by atoms with Gasteiger partial charge in [0, 0.05) is 47.8 Å². The number of benzene rings is 1. The number of aromatic nitrogens is 3. The Kier molecular flexibility index (Phi) is 4.69. The van der Waals surface area contributed by atoms with Crippen LogP contribution in [0.5, 0.6) is 0 Å². The molecule has 1 aromatic carbocycles. The standard InChI is InChI=1S/C22H15F3N4O4/c23-22(24,25)19-4-3-16(26-27-19)12-5-8-29(20(30)9-12)13-1-2-14-15-11-28(21(31)32)7-6-17(15)33-18(14)10-13/h1-5,8-10H,6-7,11H2,(H,31,32). The normalized spacial score (nSPS) is 13.8. The van der Waals surface area contributed by atoms with Crippen LogP contribution in [-0.4, -0.2) is 37.4 Å². The first-order valence-corrected chi connectivity index (χ1v) is 9.87. The van der Waals surface area contributed by atoms with E-state index in [4.69, 9.17) is 4.42 Å². The maximum absolute atomic E-state index is 12.7. The number of hydrogen-bond acceptors (Lipinski definition) is 5. The number of amides is 1. The summed E-state index contributed by atoms with van der Waals surface area (Å²) in [7, 11) is 0.